The van der Waals surface area contributed by atoms with Crippen LogP contribution in [0.15, 0.2) is 0 Å². The minimum Gasteiger partial charge on any atom is -0.396 e. The van der Waals surface area contributed by atoms with Crippen molar-refractivity contribution in [3.63, 3.8) is 0 Å². The van der Waals surface area contributed by atoms with Crippen molar-refractivity contribution in [2.75, 3.05) is 85.5 Å². The molecule has 1 atom stereocenters. The Kier molecular flexibility index (Phi) is 34.0. The fourth-order valence-electron chi connectivity index (χ4n) is 1.93. The lowest BCUT2D eigenvalue weighted by Crippen LogP contribution is -2.03. The van der Waals surface area contributed by atoms with Crippen molar-refractivity contribution < 1.29 is 23.9 Å². The van der Waals surface area contributed by atoms with Crippen molar-refractivity contribution in [3.8, 4) is 0 Å². The maximum atomic E-state index is 11.9. The maximum absolute atomic E-state index is 11.9. The third-order valence-electron chi connectivity index (χ3n) is 3.46. The molecule has 1 unspecified atom stereocenters. The Morgan fingerprint density at radius 1 is 0.765 bits per heavy atom. The number of hydrogen-bond acceptors (Lipinski definition) is 13. The van der Waals surface area contributed by atoms with E-state index in [-0.39, 0.29) is 6.61 Å². The Balaban J connectivity index is 3.18. The van der Waals surface area contributed by atoms with Gasteiger partial charge in [0.1, 0.15) is 5.94 Å². The molecule has 14 heteroatoms. The standard InChI is InChI=1S/C20H40O5S9/c1-2-13-34(23)14-12-30-19-32-18-29-10-11-33-20(22)4-8-28-17-31-16-27-7-3-6-24-25-15-26-9-5-21/h21H,2-19H2,1H3. The van der Waals surface area contributed by atoms with Crippen LogP contribution in [-0.2, 0) is 25.4 Å². The first-order valence-electron chi connectivity index (χ1n) is 11.1. The molecule has 0 heterocycles. The first kappa shape index (κ1) is 36.5. The summed E-state index contributed by atoms with van der Waals surface area (Å²) in [5.74, 6) is 7.66. The molecule has 0 aromatic carbocycles. The van der Waals surface area contributed by atoms with Crippen LogP contribution in [0, 0.1) is 0 Å². The number of carbonyl (C=O) groups is 1. The first-order chi connectivity index (χ1) is 16.7. The van der Waals surface area contributed by atoms with Gasteiger partial charge >= 0.3 is 0 Å². The Morgan fingerprint density at radius 3 is 2.15 bits per heavy atom. The van der Waals surface area contributed by atoms with Crippen LogP contribution in [0.25, 0.3) is 0 Å². The second-order valence-corrected chi connectivity index (χ2v) is 18.1. The number of carbonyl (C=O) groups excluding carboxylic acids is 1. The highest BCUT2D eigenvalue weighted by molar-refractivity contribution is 8.23. The molecule has 1 N–H and O–H groups in total. The summed E-state index contributed by atoms with van der Waals surface area (Å²) in [5.41, 5.74) is 0. The van der Waals surface area contributed by atoms with Crippen LogP contribution >= 0.6 is 94.1 Å². The van der Waals surface area contributed by atoms with E-state index in [9.17, 15) is 9.00 Å². The van der Waals surface area contributed by atoms with Crippen LogP contribution in [-0.4, -0.2) is 99.9 Å². The third-order valence-corrected chi connectivity index (χ3v) is 14.6. The van der Waals surface area contributed by atoms with Crippen molar-refractivity contribution in [2.24, 2.45) is 0 Å². The van der Waals surface area contributed by atoms with Gasteiger partial charge in [0.05, 0.1) is 13.2 Å². The van der Waals surface area contributed by atoms with Crippen molar-refractivity contribution in [2.45, 2.75) is 26.2 Å². The van der Waals surface area contributed by atoms with E-state index in [1.165, 1.54) is 23.5 Å². The molecular weight excluding hydrogens is 609 g/mol. The van der Waals surface area contributed by atoms with Crippen molar-refractivity contribution in [3.05, 3.63) is 0 Å². The highest BCUT2D eigenvalue weighted by Crippen LogP contribution is 2.21. The minimum absolute atomic E-state index is 0.168. The molecule has 0 aliphatic heterocycles. The van der Waals surface area contributed by atoms with Gasteiger partial charge in [-0.2, -0.15) is 47.0 Å². The fourth-order valence-corrected chi connectivity index (χ4v) is 11.8. The van der Waals surface area contributed by atoms with E-state index in [4.69, 9.17) is 14.9 Å². The second-order valence-electron chi connectivity index (χ2n) is 6.37. The average Bonchev–Trinajstić information content (AvgIpc) is 2.83. The second kappa shape index (κ2) is 31.7. The highest BCUT2D eigenvalue weighted by atomic mass is 32.2. The number of thioether (sulfide) groups is 8. The summed E-state index contributed by atoms with van der Waals surface area (Å²) in [6.07, 6.45) is 2.63. The van der Waals surface area contributed by atoms with Gasteiger partial charge in [-0.05, 0) is 18.6 Å². The van der Waals surface area contributed by atoms with E-state index in [1.807, 2.05) is 70.6 Å². The molecule has 0 aromatic rings. The summed E-state index contributed by atoms with van der Waals surface area (Å²) < 4.78 is 11.5. The number of aliphatic hydroxyl groups excluding tert-OH is 1. The van der Waals surface area contributed by atoms with E-state index in [0.29, 0.717) is 29.8 Å². The lowest BCUT2D eigenvalue weighted by molar-refractivity contribution is -0.278. The Labute approximate surface area is 243 Å². The van der Waals surface area contributed by atoms with Crippen LogP contribution in [0.2, 0.25) is 0 Å². The van der Waals surface area contributed by atoms with E-state index in [0.717, 1.165) is 73.5 Å². The zero-order chi connectivity index (χ0) is 25.0. The topological polar surface area (TPSA) is 72.8 Å². The number of rotatable bonds is 28. The van der Waals surface area contributed by atoms with Crippen molar-refractivity contribution >= 4 is 110 Å². The number of aliphatic hydroxyl groups is 1. The van der Waals surface area contributed by atoms with Gasteiger partial charge < -0.3 is 5.11 Å². The predicted octanol–water partition coefficient (Wildman–Crippen LogP) is 6.05. The van der Waals surface area contributed by atoms with Crippen LogP contribution in [0.1, 0.15) is 26.2 Å². The summed E-state index contributed by atoms with van der Waals surface area (Å²) in [4.78, 5) is 22.0. The summed E-state index contributed by atoms with van der Waals surface area (Å²) in [6, 6.07) is 0. The van der Waals surface area contributed by atoms with Crippen LogP contribution < -0.4 is 0 Å². The molecule has 0 aliphatic rings. The molecule has 0 rings (SSSR count). The Bertz CT molecular complexity index is 464. The maximum Gasteiger partial charge on any atom is 0.189 e. The molecule has 0 saturated carbocycles. The Hall–Kier alpha value is 2.50. The van der Waals surface area contributed by atoms with Crippen LogP contribution in [0.4, 0.5) is 0 Å². The van der Waals surface area contributed by atoms with Gasteiger partial charge in [-0.15, -0.1) is 35.3 Å². The molecule has 0 bridgehead atoms. The predicted molar refractivity (Wildman–Crippen MR) is 171 cm³/mol. The van der Waals surface area contributed by atoms with Gasteiger partial charge in [-0.3, -0.25) is 9.00 Å². The van der Waals surface area contributed by atoms with E-state index >= 15 is 0 Å². The lowest BCUT2D eigenvalue weighted by Gasteiger charge is -2.04. The van der Waals surface area contributed by atoms with Gasteiger partial charge in [0.25, 0.3) is 0 Å². The monoisotopic (exact) mass is 648 g/mol. The zero-order valence-corrected chi connectivity index (χ0v) is 27.3. The largest absolute Gasteiger partial charge is 0.396 e. The molecule has 0 aliphatic carbocycles. The smallest absolute Gasteiger partial charge is 0.189 e. The lowest BCUT2D eigenvalue weighted by atomic mass is 10.5. The van der Waals surface area contributed by atoms with Gasteiger partial charge in [0.15, 0.2) is 5.12 Å². The molecule has 0 aromatic heterocycles. The normalized spacial score (nSPS) is 12.3. The summed E-state index contributed by atoms with van der Waals surface area (Å²) in [5, 5.41) is 13.2. The number of hydrogen-bond donors (Lipinski definition) is 1. The minimum atomic E-state index is -0.631. The molecule has 0 fully saturated rings. The molecule has 204 valence electrons. The van der Waals surface area contributed by atoms with Crippen LogP contribution in [0.3, 0.4) is 0 Å². The first-order valence-corrected chi connectivity index (χ1v) is 21.7. The fraction of sp³-hybridized carbons (Fsp3) is 0.950. The molecule has 0 amide bonds. The molecule has 34 heavy (non-hydrogen) atoms. The molecular formula is C20H40O5S9. The quantitative estimate of drug-likeness (QED) is 0.0464. The zero-order valence-electron chi connectivity index (χ0n) is 20.0. The molecule has 5 nitrogen and oxygen atoms in total. The third kappa shape index (κ3) is 30.7. The molecule has 0 saturated heterocycles. The van der Waals surface area contributed by atoms with Gasteiger partial charge in [0.2, 0.25) is 0 Å². The highest BCUT2D eigenvalue weighted by Gasteiger charge is 2.03. The average molecular weight is 649 g/mol. The molecule has 0 radical (unpaired) electrons. The van der Waals surface area contributed by atoms with E-state index in [1.54, 1.807) is 0 Å². The summed E-state index contributed by atoms with van der Waals surface area (Å²) >= 11 is 14.3. The summed E-state index contributed by atoms with van der Waals surface area (Å²) in [6.45, 7) is 2.85. The van der Waals surface area contributed by atoms with Crippen molar-refractivity contribution in [1.82, 2.24) is 0 Å². The Morgan fingerprint density at radius 2 is 1.44 bits per heavy atom. The SMILES string of the molecule is CCCS(=O)CCSCSCSCCSC(=O)CCSCSCSCCCOOCSCCO. The van der Waals surface area contributed by atoms with Gasteiger partial charge in [0, 0.05) is 77.8 Å². The van der Waals surface area contributed by atoms with Gasteiger partial charge in [-0.1, -0.05) is 18.7 Å². The van der Waals surface area contributed by atoms with Gasteiger partial charge in [-0.25, -0.2) is 9.78 Å². The van der Waals surface area contributed by atoms with E-state index in [2.05, 4.69) is 6.92 Å². The van der Waals surface area contributed by atoms with Crippen molar-refractivity contribution in [1.29, 1.82) is 0 Å². The summed E-state index contributed by atoms with van der Waals surface area (Å²) in [7, 11) is -0.631. The van der Waals surface area contributed by atoms with E-state index < -0.39 is 10.8 Å². The van der Waals surface area contributed by atoms with Crippen LogP contribution in [0.5, 0.6) is 0 Å². The molecule has 0 spiro atoms.